The van der Waals surface area contributed by atoms with Crippen molar-refractivity contribution in [2.45, 2.75) is 19.3 Å². The average molecular weight is 306 g/mol. The van der Waals surface area contributed by atoms with E-state index in [1.54, 1.807) is 0 Å². The summed E-state index contributed by atoms with van der Waals surface area (Å²) < 4.78 is 37.5. The molecule has 0 aliphatic rings. The molecule has 0 aromatic heterocycles. The highest BCUT2D eigenvalue weighted by Crippen LogP contribution is 2.29. The molecule has 0 fully saturated rings. The Labute approximate surface area is 124 Å². The number of hydrogen-bond acceptors (Lipinski definition) is 0. The molecule has 0 spiro atoms. The minimum absolute atomic E-state index is 0.612. The molecule has 0 amide bonds. The number of alkyl halides is 3. The molecule has 0 saturated carbocycles. The minimum atomic E-state index is -4.28. The molecule has 0 saturated heterocycles. The fourth-order valence-corrected chi connectivity index (χ4v) is 3.90. The SMILES string of the molecule is C[Si](C)(/C=C/c1ccc(C(F)(F)F)cc1)c1ccccc1. The maximum absolute atomic E-state index is 12.5. The molecule has 0 heterocycles. The first-order chi connectivity index (χ1) is 9.79. The topological polar surface area (TPSA) is 0 Å². The van der Waals surface area contributed by atoms with Crippen molar-refractivity contribution < 1.29 is 13.2 Å². The van der Waals surface area contributed by atoms with Crippen LogP contribution in [0.15, 0.2) is 60.3 Å². The van der Waals surface area contributed by atoms with Gasteiger partial charge in [0.15, 0.2) is 0 Å². The van der Waals surface area contributed by atoms with E-state index >= 15 is 0 Å². The van der Waals surface area contributed by atoms with E-state index in [1.165, 1.54) is 17.3 Å². The predicted octanol–water partition coefficient (Wildman–Crippen LogP) is 4.87. The van der Waals surface area contributed by atoms with Crippen LogP contribution in [0, 0.1) is 0 Å². The molecular formula is C17H17F3Si. The first-order valence-corrected chi connectivity index (χ1v) is 9.79. The fourth-order valence-electron chi connectivity index (χ4n) is 2.05. The monoisotopic (exact) mass is 306 g/mol. The summed E-state index contributed by atoms with van der Waals surface area (Å²) in [6.45, 7) is 4.42. The zero-order chi connectivity index (χ0) is 15.5. The smallest absolute Gasteiger partial charge is 0.166 e. The van der Waals surface area contributed by atoms with Gasteiger partial charge in [0.25, 0.3) is 0 Å². The van der Waals surface area contributed by atoms with Crippen LogP contribution in [-0.2, 0) is 6.18 Å². The molecule has 0 aliphatic carbocycles. The Morgan fingerprint density at radius 3 is 1.95 bits per heavy atom. The van der Waals surface area contributed by atoms with Crippen molar-refractivity contribution in [1.82, 2.24) is 0 Å². The molecule has 0 N–H and O–H groups in total. The van der Waals surface area contributed by atoms with Gasteiger partial charge >= 0.3 is 6.18 Å². The van der Waals surface area contributed by atoms with Gasteiger partial charge in [-0.1, -0.05) is 72.5 Å². The van der Waals surface area contributed by atoms with Crippen molar-refractivity contribution in [2.75, 3.05) is 0 Å². The maximum Gasteiger partial charge on any atom is 0.416 e. The normalized spacial score (nSPS) is 12.8. The van der Waals surface area contributed by atoms with Crippen LogP contribution < -0.4 is 5.19 Å². The maximum atomic E-state index is 12.5. The zero-order valence-electron chi connectivity index (χ0n) is 12.0. The molecule has 2 rings (SSSR count). The van der Waals surface area contributed by atoms with Crippen LogP contribution in [0.3, 0.4) is 0 Å². The Morgan fingerprint density at radius 2 is 1.43 bits per heavy atom. The summed E-state index contributed by atoms with van der Waals surface area (Å²) in [4.78, 5) is 0. The van der Waals surface area contributed by atoms with Gasteiger partial charge in [0.1, 0.15) is 8.07 Å². The van der Waals surface area contributed by atoms with E-state index < -0.39 is 19.8 Å². The third-order valence-corrected chi connectivity index (χ3v) is 6.27. The summed E-state index contributed by atoms with van der Waals surface area (Å²) in [6, 6.07) is 15.5. The van der Waals surface area contributed by atoms with Gasteiger partial charge in [-0.3, -0.25) is 0 Å². The summed E-state index contributed by atoms with van der Waals surface area (Å²) in [5.41, 5.74) is 2.32. The van der Waals surface area contributed by atoms with Crippen LogP contribution in [0.4, 0.5) is 13.2 Å². The quantitative estimate of drug-likeness (QED) is 0.709. The van der Waals surface area contributed by atoms with Crippen molar-refractivity contribution >= 4 is 19.3 Å². The molecule has 4 heteroatoms. The molecule has 21 heavy (non-hydrogen) atoms. The molecule has 0 nitrogen and oxygen atoms in total. The molecule has 0 radical (unpaired) electrons. The van der Waals surface area contributed by atoms with E-state index in [0.717, 1.165) is 17.7 Å². The Kier molecular flexibility index (Phi) is 4.37. The van der Waals surface area contributed by atoms with Gasteiger partial charge < -0.3 is 0 Å². The van der Waals surface area contributed by atoms with Crippen LogP contribution in [0.1, 0.15) is 11.1 Å². The van der Waals surface area contributed by atoms with Crippen molar-refractivity contribution in [2.24, 2.45) is 0 Å². The van der Waals surface area contributed by atoms with E-state index in [9.17, 15) is 13.2 Å². The van der Waals surface area contributed by atoms with Gasteiger partial charge in [0, 0.05) is 0 Å². The Morgan fingerprint density at radius 1 is 0.857 bits per heavy atom. The lowest BCUT2D eigenvalue weighted by Gasteiger charge is -2.18. The van der Waals surface area contributed by atoms with Gasteiger partial charge in [0.2, 0.25) is 0 Å². The van der Waals surface area contributed by atoms with Crippen molar-refractivity contribution in [3.63, 3.8) is 0 Å². The summed E-state index contributed by atoms with van der Waals surface area (Å²) in [7, 11) is -1.72. The first kappa shape index (κ1) is 15.6. The third-order valence-electron chi connectivity index (χ3n) is 3.45. The van der Waals surface area contributed by atoms with E-state index in [1.807, 2.05) is 24.3 Å². The van der Waals surface area contributed by atoms with Gasteiger partial charge in [-0.15, -0.1) is 0 Å². The highest BCUT2D eigenvalue weighted by Gasteiger charge is 2.29. The molecule has 0 aliphatic heterocycles. The standard InChI is InChI=1S/C17H17F3Si/c1-21(2,16-6-4-3-5-7-16)13-12-14-8-10-15(11-9-14)17(18,19)20/h3-13H,1-2H3/b13-12+. The second-order valence-corrected chi connectivity index (χ2v) is 9.89. The Hall–Kier alpha value is -1.81. The van der Waals surface area contributed by atoms with E-state index in [-0.39, 0.29) is 0 Å². The van der Waals surface area contributed by atoms with Crippen LogP contribution in [0.5, 0.6) is 0 Å². The molecule has 0 bridgehead atoms. The van der Waals surface area contributed by atoms with Crippen LogP contribution in [0.2, 0.25) is 13.1 Å². The summed E-state index contributed by atoms with van der Waals surface area (Å²) in [6.07, 6.45) is -2.36. The van der Waals surface area contributed by atoms with Crippen molar-refractivity contribution in [1.29, 1.82) is 0 Å². The highest BCUT2D eigenvalue weighted by atomic mass is 28.3. The predicted molar refractivity (Wildman–Crippen MR) is 84.0 cm³/mol. The molecule has 2 aromatic carbocycles. The number of hydrogen-bond donors (Lipinski definition) is 0. The van der Waals surface area contributed by atoms with Crippen LogP contribution >= 0.6 is 0 Å². The second kappa shape index (κ2) is 5.90. The molecule has 0 atom stereocenters. The molecular weight excluding hydrogens is 289 g/mol. The number of rotatable bonds is 3. The van der Waals surface area contributed by atoms with Crippen LogP contribution in [-0.4, -0.2) is 8.07 Å². The number of halogens is 3. The third kappa shape index (κ3) is 4.08. The van der Waals surface area contributed by atoms with E-state index in [2.05, 4.69) is 30.9 Å². The van der Waals surface area contributed by atoms with E-state index in [4.69, 9.17) is 0 Å². The zero-order valence-corrected chi connectivity index (χ0v) is 13.0. The Balaban J connectivity index is 2.18. The first-order valence-electron chi connectivity index (χ1n) is 6.71. The molecule has 0 unspecified atom stereocenters. The largest absolute Gasteiger partial charge is 0.416 e. The van der Waals surface area contributed by atoms with Crippen molar-refractivity contribution in [3.05, 3.63) is 71.4 Å². The summed E-state index contributed by atoms with van der Waals surface area (Å²) >= 11 is 0. The van der Waals surface area contributed by atoms with Gasteiger partial charge in [-0.2, -0.15) is 13.2 Å². The fraction of sp³-hybridized carbons (Fsp3) is 0.176. The minimum Gasteiger partial charge on any atom is -0.166 e. The van der Waals surface area contributed by atoms with Crippen LogP contribution in [0.25, 0.3) is 6.08 Å². The highest BCUT2D eigenvalue weighted by molar-refractivity contribution is 6.94. The average Bonchev–Trinajstić information content (AvgIpc) is 2.46. The van der Waals surface area contributed by atoms with Gasteiger partial charge in [-0.05, 0) is 17.7 Å². The Bertz CT molecular complexity index is 611. The summed E-state index contributed by atoms with van der Waals surface area (Å²) in [5, 5.41) is 1.30. The molecule has 2 aromatic rings. The lowest BCUT2D eigenvalue weighted by Crippen LogP contribution is -2.39. The van der Waals surface area contributed by atoms with Gasteiger partial charge in [-0.25, -0.2) is 0 Å². The lowest BCUT2D eigenvalue weighted by atomic mass is 10.1. The molecule has 110 valence electrons. The van der Waals surface area contributed by atoms with Crippen molar-refractivity contribution in [3.8, 4) is 0 Å². The summed E-state index contributed by atoms with van der Waals surface area (Å²) in [5.74, 6) is 0. The lowest BCUT2D eigenvalue weighted by molar-refractivity contribution is -0.137. The van der Waals surface area contributed by atoms with Gasteiger partial charge in [0.05, 0.1) is 5.56 Å². The van der Waals surface area contributed by atoms with E-state index in [0.29, 0.717) is 0 Å². The number of benzene rings is 2. The second-order valence-electron chi connectivity index (χ2n) is 5.54.